The van der Waals surface area contributed by atoms with Crippen molar-refractivity contribution in [1.29, 1.82) is 0 Å². The molecule has 0 bridgehead atoms. The highest BCUT2D eigenvalue weighted by Gasteiger charge is 2.52. The highest BCUT2D eigenvalue weighted by atomic mass is 31.2. The third kappa shape index (κ3) is 4.67. The van der Waals surface area contributed by atoms with Crippen molar-refractivity contribution in [2.75, 3.05) is 23.4 Å². The van der Waals surface area contributed by atoms with Crippen molar-refractivity contribution in [1.82, 2.24) is 5.32 Å². The molecule has 1 aromatic rings. The molecule has 3 amide bonds. The number of aliphatic hydroxyl groups is 4. The number of hydrogen-bond donors (Lipinski definition) is 8. The lowest BCUT2D eigenvalue weighted by Gasteiger charge is -2.44. The largest absolute Gasteiger partial charge is 0.469 e. The fourth-order valence-electron chi connectivity index (χ4n) is 3.30. The van der Waals surface area contributed by atoms with Gasteiger partial charge in [0.05, 0.1) is 24.5 Å². The number of imide groups is 1. The van der Waals surface area contributed by atoms with Crippen LogP contribution in [0.25, 0.3) is 0 Å². The van der Waals surface area contributed by atoms with Gasteiger partial charge in [0.15, 0.2) is 5.84 Å². The number of nitrogens with zero attached hydrogens (tertiary/aromatic N) is 2. The third-order valence-corrected chi connectivity index (χ3v) is 5.61. The molecule has 176 valence electrons. The van der Waals surface area contributed by atoms with Gasteiger partial charge in [-0.15, -0.1) is 0 Å². The summed E-state index contributed by atoms with van der Waals surface area (Å²) in [5.41, 5.74) is -0.288. The molecule has 3 rings (SSSR count). The average Bonchev–Trinajstić information content (AvgIpc) is 2.68. The van der Waals surface area contributed by atoms with Gasteiger partial charge in [-0.1, -0.05) is 0 Å². The van der Waals surface area contributed by atoms with Gasteiger partial charge in [-0.25, -0.2) is 9.36 Å². The zero-order chi connectivity index (χ0) is 24.0. The summed E-state index contributed by atoms with van der Waals surface area (Å²) in [5.74, 6) is -1.57. The smallest absolute Gasteiger partial charge is 0.388 e. The monoisotopic (exact) mass is 474 g/mol. The number of β-amino-alcohol motifs (C(OH)–C–C–N with tert-alkyl or cyclic N) is 1. The van der Waals surface area contributed by atoms with Gasteiger partial charge < -0.3 is 40.4 Å². The molecular formula is C17H23N4O10P. The minimum Gasteiger partial charge on any atom is -0.388 e. The Morgan fingerprint density at radius 1 is 1.16 bits per heavy atom. The van der Waals surface area contributed by atoms with E-state index < -0.39 is 62.8 Å². The number of amidine groups is 1. The first-order valence-electron chi connectivity index (χ1n) is 9.31. The number of hydrogen-bond acceptors (Lipinski definition) is 10. The lowest BCUT2D eigenvalue weighted by molar-refractivity contribution is -0.131. The molecule has 0 radical (unpaired) electrons. The average molecular weight is 474 g/mol. The number of fused-ring (bicyclic) bond motifs is 2. The number of phosphoric ester groups is 1. The first-order valence-corrected chi connectivity index (χ1v) is 10.8. The molecule has 0 fully saturated rings. The van der Waals surface area contributed by atoms with Gasteiger partial charge in [-0.2, -0.15) is 4.99 Å². The summed E-state index contributed by atoms with van der Waals surface area (Å²) in [7, 11) is -4.93. The van der Waals surface area contributed by atoms with Gasteiger partial charge in [0, 0.05) is 0 Å². The highest BCUT2D eigenvalue weighted by molar-refractivity contribution is 7.46. The number of aryl methyl sites for hydroxylation is 2. The number of aliphatic hydroxyl groups excluding tert-OH is 3. The maximum Gasteiger partial charge on any atom is 0.469 e. The Bertz CT molecular complexity index is 1030. The van der Waals surface area contributed by atoms with Gasteiger partial charge in [-0.3, -0.25) is 14.6 Å². The number of amides is 3. The highest BCUT2D eigenvalue weighted by Crippen LogP contribution is 2.39. The normalized spacial score (nSPS) is 23.4. The van der Waals surface area contributed by atoms with Crippen molar-refractivity contribution in [3.8, 4) is 0 Å². The predicted octanol–water partition coefficient (Wildman–Crippen LogP) is -1.94. The maximum atomic E-state index is 12.4. The molecule has 4 atom stereocenters. The van der Waals surface area contributed by atoms with Crippen LogP contribution in [0.5, 0.6) is 0 Å². The number of nitrogens with one attached hydrogen (secondary N) is 2. The van der Waals surface area contributed by atoms with Crippen molar-refractivity contribution < 1.29 is 48.9 Å². The molecule has 15 heteroatoms. The van der Waals surface area contributed by atoms with E-state index in [0.717, 1.165) is 16.0 Å². The fourth-order valence-corrected chi connectivity index (χ4v) is 3.65. The number of phosphoric acid groups is 1. The molecule has 0 saturated carbocycles. The molecule has 1 unspecified atom stereocenters. The number of urea groups is 1. The second kappa shape index (κ2) is 8.50. The van der Waals surface area contributed by atoms with E-state index in [1.165, 1.54) is 0 Å². The minimum atomic E-state index is -4.93. The number of benzene rings is 1. The third-order valence-electron chi connectivity index (χ3n) is 5.13. The molecule has 32 heavy (non-hydrogen) atoms. The first kappa shape index (κ1) is 24.2. The molecule has 1 aromatic carbocycles. The van der Waals surface area contributed by atoms with Crippen LogP contribution in [0.2, 0.25) is 0 Å². The molecule has 0 saturated heterocycles. The summed E-state index contributed by atoms with van der Waals surface area (Å²) >= 11 is 0. The summed E-state index contributed by atoms with van der Waals surface area (Å²) in [5, 5.41) is 46.0. The van der Waals surface area contributed by atoms with Crippen LogP contribution in [0.3, 0.4) is 0 Å². The minimum absolute atomic E-state index is 0.270. The molecular weight excluding hydrogens is 451 g/mol. The molecule has 0 aliphatic carbocycles. The van der Waals surface area contributed by atoms with Gasteiger partial charge in [0.25, 0.3) is 11.6 Å². The van der Waals surface area contributed by atoms with Crippen LogP contribution in [0.15, 0.2) is 17.1 Å². The lowest BCUT2D eigenvalue weighted by atomic mass is 9.98. The van der Waals surface area contributed by atoms with E-state index in [1.807, 2.05) is 5.32 Å². The van der Waals surface area contributed by atoms with Crippen molar-refractivity contribution in [3.63, 3.8) is 0 Å². The lowest BCUT2D eigenvalue weighted by Crippen LogP contribution is -2.69. The Kier molecular flexibility index (Phi) is 6.43. The van der Waals surface area contributed by atoms with E-state index in [0.29, 0.717) is 5.69 Å². The van der Waals surface area contributed by atoms with Crippen LogP contribution in [0, 0.1) is 13.8 Å². The van der Waals surface area contributed by atoms with E-state index in [9.17, 15) is 34.6 Å². The van der Waals surface area contributed by atoms with Crippen molar-refractivity contribution in [3.05, 3.63) is 23.3 Å². The number of carbonyl (C=O) groups is 2. The predicted molar refractivity (Wildman–Crippen MR) is 109 cm³/mol. The van der Waals surface area contributed by atoms with E-state index in [2.05, 4.69) is 14.8 Å². The number of aliphatic imine (C=N–C) groups is 1. The number of carbonyl (C=O) groups excluding carboxylic acids is 2. The van der Waals surface area contributed by atoms with Gasteiger partial charge in [0.1, 0.15) is 18.3 Å². The summed E-state index contributed by atoms with van der Waals surface area (Å²) in [6.07, 6.45) is -5.63. The standard InChI is InChI=1S/C17H23N4O10P/c1-7-3-9-10(4-8(7)2)21(14-17(27,20-9)15(25)19-16(26)18-14)5-11(22)13(24)12(23)6-31-32(28,29)30/h3-4,11-13,20,22-24,27H,5-6H2,1-2H3,(H,19,25,26)(H2,28,29,30)/t11-,12+,13-,17?/m0/s1. The zero-order valence-electron chi connectivity index (χ0n) is 17.0. The molecule has 0 aromatic heterocycles. The molecule has 2 aliphatic rings. The Morgan fingerprint density at radius 3 is 2.41 bits per heavy atom. The zero-order valence-corrected chi connectivity index (χ0v) is 17.9. The van der Waals surface area contributed by atoms with Crippen molar-refractivity contribution in [2.24, 2.45) is 4.99 Å². The fraction of sp³-hybridized carbons (Fsp3) is 0.471. The Balaban J connectivity index is 1.96. The summed E-state index contributed by atoms with van der Waals surface area (Å²) in [6.45, 7) is 2.02. The SMILES string of the molecule is Cc1cc2c(cc1C)N(C[C@H](O)[C@H](O)[C@H](O)COP(=O)(O)O)C1=NC(=O)NC(=O)C1(O)N2. The summed E-state index contributed by atoms with van der Waals surface area (Å²) < 4.78 is 14.9. The van der Waals surface area contributed by atoms with Crippen LogP contribution in [-0.2, 0) is 13.9 Å². The second-order valence-corrected chi connectivity index (χ2v) is 8.75. The number of anilines is 2. The van der Waals surface area contributed by atoms with E-state index in [4.69, 9.17) is 9.79 Å². The molecule has 0 spiro atoms. The van der Waals surface area contributed by atoms with Crippen LogP contribution >= 0.6 is 7.82 Å². The van der Waals surface area contributed by atoms with Gasteiger partial charge in [0.2, 0.25) is 0 Å². The van der Waals surface area contributed by atoms with E-state index >= 15 is 0 Å². The summed E-state index contributed by atoms with van der Waals surface area (Å²) in [6, 6.07) is 2.21. The van der Waals surface area contributed by atoms with E-state index in [1.54, 1.807) is 26.0 Å². The van der Waals surface area contributed by atoms with Crippen LogP contribution in [-0.4, -0.2) is 85.2 Å². The maximum absolute atomic E-state index is 12.4. The second-order valence-electron chi connectivity index (χ2n) is 7.51. The summed E-state index contributed by atoms with van der Waals surface area (Å²) in [4.78, 5) is 46.4. The molecule has 14 nitrogen and oxygen atoms in total. The Morgan fingerprint density at radius 2 is 1.78 bits per heavy atom. The number of rotatable bonds is 7. The molecule has 2 heterocycles. The Hall–Kier alpha value is -2.42. The first-order chi connectivity index (χ1) is 14.7. The van der Waals surface area contributed by atoms with Crippen molar-refractivity contribution >= 4 is 37.0 Å². The quantitative estimate of drug-likeness (QED) is 0.202. The van der Waals surface area contributed by atoms with Crippen LogP contribution in [0.1, 0.15) is 11.1 Å². The van der Waals surface area contributed by atoms with Gasteiger partial charge in [-0.05, 0) is 37.1 Å². The topological polar surface area (TPSA) is 221 Å². The van der Waals surface area contributed by atoms with Gasteiger partial charge >= 0.3 is 13.9 Å². The van der Waals surface area contributed by atoms with Crippen LogP contribution in [0.4, 0.5) is 16.2 Å². The van der Waals surface area contributed by atoms with Crippen molar-refractivity contribution in [2.45, 2.75) is 37.9 Å². The van der Waals surface area contributed by atoms with Crippen LogP contribution < -0.4 is 15.5 Å². The molecule has 8 N–H and O–H groups in total. The Labute approximate surface area is 181 Å². The molecule has 2 aliphatic heterocycles. The van der Waals surface area contributed by atoms with E-state index in [-0.39, 0.29) is 5.69 Å².